The van der Waals surface area contributed by atoms with E-state index in [-0.39, 0.29) is 20.3 Å². The molecule has 0 rings (SSSR count). The Hall–Kier alpha value is 0.297. The predicted molar refractivity (Wildman–Crippen MR) is 41.7 cm³/mol. The summed E-state index contributed by atoms with van der Waals surface area (Å²) in [6.45, 7) is 7.33. The van der Waals surface area contributed by atoms with Crippen molar-refractivity contribution in [2.45, 2.75) is 26.2 Å². The van der Waals surface area contributed by atoms with E-state index >= 15 is 0 Å². The molecule has 0 bridgehead atoms. The molecule has 2 heteroatoms. The molecule has 0 aromatic rings. The molecule has 0 aliphatic heterocycles. The second kappa shape index (κ2) is 12.0. The van der Waals surface area contributed by atoms with E-state index in [9.17, 15) is 0 Å². The Labute approximate surface area is 77.5 Å². The Morgan fingerprint density at radius 2 is 2.20 bits per heavy atom. The van der Waals surface area contributed by atoms with Crippen LogP contribution in [0.1, 0.15) is 27.6 Å². The first-order valence-corrected chi connectivity index (χ1v) is 3.60. The van der Waals surface area contributed by atoms with Crippen LogP contribution >= 0.6 is 0 Å². The van der Waals surface area contributed by atoms with Gasteiger partial charge in [0, 0.05) is 6.61 Å². The summed E-state index contributed by atoms with van der Waals surface area (Å²) in [5.41, 5.74) is 0. The van der Waals surface area contributed by atoms with Gasteiger partial charge in [0.05, 0.1) is 6.61 Å². The molecule has 0 aliphatic rings. The van der Waals surface area contributed by atoms with E-state index < -0.39 is 0 Å². The SMILES string of the molecule is C=CCOCCCCC.[H-].[Li+]. The Morgan fingerprint density at radius 1 is 1.50 bits per heavy atom. The van der Waals surface area contributed by atoms with Gasteiger partial charge in [-0.3, -0.25) is 0 Å². The summed E-state index contributed by atoms with van der Waals surface area (Å²) in [5, 5.41) is 0. The molecule has 0 aromatic carbocycles. The monoisotopic (exact) mass is 136 g/mol. The van der Waals surface area contributed by atoms with Crippen LogP contribution in [0.2, 0.25) is 0 Å². The molecule has 0 fully saturated rings. The topological polar surface area (TPSA) is 9.23 Å². The Morgan fingerprint density at radius 3 is 2.70 bits per heavy atom. The molecular formula is C8H17LiO. The molecule has 0 atom stereocenters. The molecule has 0 radical (unpaired) electrons. The molecule has 56 valence electrons. The first-order chi connectivity index (χ1) is 4.41. The van der Waals surface area contributed by atoms with E-state index in [1.807, 2.05) is 0 Å². The quantitative estimate of drug-likeness (QED) is 0.271. The van der Waals surface area contributed by atoms with Crippen molar-refractivity contribution in [2.24, 2.45) is 0 Å². The maximum atomic E-state index is 5.17. The van der Waals surface area contributed by atoms with Crippen LogP contribution in [-0.2, 0) is 4.74 Å². The third-order valence-electron chi connectivity index (χ3n) is 1.13. The van der Waals surface area contributed by atoms with Crippen molar-refractivity contribution in [1.82, 2.24) is 0 Å². The third kappa shape index (κ3) is 11.1. The molecule has 10 heavy (non-hydrogen) atoms. The van der Waals surface area contributed by atoms with Gasteiger partial charge in [0.15, 0.2) is 0 Å². The van der Waals surface area contributed by atoms with Gasteiger partial charge in [-0.15, -0.1) is 6.58 Å². The van der Waals surface area contributed by atoms with Gasteiger partial charge >= 0.3 is 18.9 Å². The molecule has 0 heterocycles. The van der Waals surface area contributed by atoms with E-state index in [4.69, 9.17) is 4.74 Å². The zero-order valence-corrected chi connectivity index (χ0v) is 7.23. The molecule has 0 unspecified atom stereocenters. The molecule has 0 saturated heterocycles. The van der Waals surface area contributed by atoms with Gasteiger partial charge < -0.3 is 6.16 Å². The molecule has 0 N–H and O–H groups in total. The van der Waals surface area contributed by atoms with E-state index in [0.29, 0.717) is 6.61 Å². The molecule has 0 amide bonds. The molecule has 0 aromatic heterocycles. The van der Waals surface area contributed by atoms with Crippen molar-refractivity contribution in [2.75, 3.05) is 13.2 Å². The maximum Gasteiger partial charge on any atom is 1.00 e. The summed E-state index contributed by atoms with van der Waals surface area (Å²) < 4.78 is 5.17. The summed E-state index contributed by atoms with van der Waals surface area (Å²) in [5.74, 6) is 0. The van der Waals surface area contributed by atoms with Crippen LogP contribution in [0.15, 0.2) is 12.7 Å². The van der Waals surface area contributed by atoms with Crippen molar-refractivity contribution in [1.29, 1.82) is 0 Å². The average molecular weight is 136 g/mol. The van der Waals surface area contributed by atoms with Gasteiger partial charge in [-0.05, 0) is 6.42 Å². The summed E-state index contributed by atoms with van der Waals surface area (Å²) >= 11 is 0. The molecule has 0 spiro atoms. The number of ether oxygens (including phenoxy) is 1. The third-order valence-corrected chi connectivity index (χ3v) is 1.13. The van der Waals surface area contributed by atoms with E-state index in [0.717, 1.165) is 6.61 Å². The maximum absolute atomic E-state index is 5.17. The van der Waals surface area contributed by atoms with Gasteiger partial charge in [-0.1, -0.05) is 25.8 Å². The summed E-state index contributed by atoms with van der Waals surface area (Å²) in [6.07, 6.45) is 5.50. The minimum absolute atomic E-state index is 0. The zero-order chi connectivity index (χ0) is 6.95. The van der Waals surface area contributed by atoms with Gasteiger partial charge in [0.25, 0.3) is 0 Å². The fourth-order valence-electron chi connectivity index (χ4n) is 0.621. The van der Waals surface area contributed by atoms with Gasteiger partial charge in [-0.25, -0.2) is 0 Å². The van der Waals surface area contributed by atoms with Crippen molar-refractivity contribution in [3.8, 4) is 0 Å². The molecule has 0 aliphatic carbocycles. The molecule has 0 saturated carbocycles. The Kier molecular flexibility index (Phi) is 15.5. The molecular weight excluding hydrogens is 119 g/mol. The zero-order valence-electron chi connectivity index (χ0n) is 8.23. The Bertz CT molecular complexity index is 69.1. The predicted octanol–water partition coefficient (Wildman–Crippen LogP) is -0.504. The van der Waals surface area contributed by atoms with Gasteiger partial charge in [0.2, 0.25) is 0 Å². The second-order valence-corrected chi connectivity index (χ2v) is 2.07. The standard InChI is InChI=1S/C8H16O.Li.H/c1-3-5-6-8-9-7-4-2;;/h4H,2-3,5-8H2,1H3;;/q;+1;-1. The van der Waals surface area contributed by atoms with Crippen molar-refractivity contribution in [3.05, 3.63) is 12.7 Å². The van der Waals surface area contributed by atoms with E-state index in [2.05, 4.69) is 13.5 Å². The van der Waals surface area contributed by atoms with Crippen LogP contribution in [0, 0.1) is 0 Å². The van der Waals surface area contributed by atoms with Crippen molar-refractivity contribution >= 4 is 0 Å². The van der Waals surface area contributed by atoms with Crippen LogP contribution in [0.25, 0.3) is 0 Å². The molecule has 1 nitrogen and oxygen atoms in total. The number of hydrogen-bond acceptors (Lipinski definition) is 1. The minimum Gasteiger partial charge on any atom is -1.00 e. The van der Waals surface area contributed by atoms with Crippen molar-refractivity contribution in [3.63, 3.8) is 0 Å². The smallest absolute Gasteiger partial charge is 1.00 e. The second-order valence-electron chi connectivity index (χ2n) is 2.07. The van der Waals surface area contributed by atoms with Crippen LogP contribution in [0.3, 0.4) is 0 Å². The number of unbranched alkanes of at least 4 members (excludes halogenated alkanes) is 2. The minimum atomic E-state index is 0. The fraction of sp³-hybridized carbons (Fsp3) is 0.750. The number of rotatable bonds is 6. The van der Waals surface area contributed by atoms with Crippen LogP contribution in [-0.4, -0.2) is 13.2 Å². The summed E-state index contributed by atoms with van der Waals surface area (Å²) in [4.78, 5) is 0. The van der Waals surface area contributed by atoms with E-state index in [1.54, 1.807) is 6.08 Å². The van der Waals surface area contributed by atoms with Crippen LogP contribution in [0.4, 0.5) is 0 Å². The van der Waals surface area contributed by atoms with Crippen LogP contribution < -0.4 is 18.9 Å². The fourth-order valence-corrected chi connectivity index (χ4v) is 0.621. The number of hydrogen-bond donors (Lipinski definition) is 0. The summed E-state index contributed by atoms with van der Waals surface area (Å²) in [7, 11) is 0. The average Bonchev–Trinajstić information content (AvgIpc) is 1.89. The van der Waals surface area contributed by atoms with Crippen LogP contribution in [0.5, 0.6) is 0 Å². The van der Waals surface area contributed by atoms with Gasteiger partial charge in [0.1, 0.15) is 0 Å². The van der Waals surface area contributed by atoms with E-state index in [1.165, 1.54) is 19.3 Å². The first kappa shape index (κ1) is 12.9. The van der Waals surface area contributed by atoms with Gasteiger partial charge in [-0.2, -0.15) is 0 Å². The summed E-state index contributed by atoms with van der Waals surface area (Å²) in [6, 6.07) is 0. The first-order valence-electron chi connectivity index (χ1n) is 3.60. The normalized spacial score (nSPS) is 8.50. The van der Waals surface area contributed by atoms with Crippen molar-refractivity contribution < 1.29 is 25.0 Å². The largest absolute Gasteiger partial charge is 1.00 e. The Balaban J connectivity index is -0.000000320.